The number of halogens is 1. The van der Waals surface area contributed by atoms with Crippen molar-refractivity contribution in [1.29, 1.82) is 0 Å². The number of sulfonamides is 1. The van der Waals surface area contributed by atoms with Gasteiger partial charge in [-0.3, -0.25) is 0 Å². The SMILES string of the molecule is Cc1nc(N2CCC2)sc1-c1nc(NC2CCN(S(C)(=O)=O)CC2)ncc1F. The molecule has 11 heteroatoms. The smallest absolute Gasteiger partial charge is 0.223 e. The van der Waals surface area contributed by atoms with Crippen molar-refractivity contribution in [3.63, 3.8) is 0 Å². The van der Waals surface area contributed by atoms with Crippen LogP contribution in [0.15, 0.2) is 6.20 Å². The lowest BCUT2D eigenvalue weighted by Gasteiger charge is -2.30. The van der Waals surface area contributed by atoms with Crippen LogP contribution in [0.5, 0.6) is 0 Å². The summed E-state index contributed by atoms with van der Waals surface area (Å²) in [4.78, 5) is 15.9. The molecule has 28 heavy (non-hydrogen) atoms. The van der Waals surface area contributed by atoms with Crippen LogP contribution in [0.1, 0.15) is 25.0 Å². The molecule has 8 nitrogen and oxygen atoms in total. The van der Waals surface area contributed by atoms with Crippen LogP contribution in [0.3, 0.4) is 0 Å². The van der Waals surface area contributed by atoms with Gasteiger partial charge >= 0.3 is 0 Å². The van der Waals surface area contributed by atoms with Gasteiger partial charge in [0.2, 0.25) is 16.0 Å². The maximum absolute atomic E-state index is 14.4. The van der Waals surface area contributed by atoms with E-state index < -0.39 is 15.8 Å². The molecule has 0 bridgehead atoms. The normalized spacial score (nSPS) is 18.9. The summed E-state index contributed by atoms with van der Waals surface area (Å²) in [6.07, 6.45) is 4.87. The first-order chi connectivity index (χ1) is 13.3. The molecule has 0 aromatic carbocycles. The van der Waals surface area contributed by atoms with Crippen LogP contribution in [0.25, 0.3) is 10.6 Å². The molecule has 0 atom stereocenters. The van der Waals surface area contributed by atoms with Crippen molar-refractivity contribution in [2.75, 3.05) is 42.7 Å². The third kappa shape index (κ3) is 3.96. The first-order valence-electron chi connectivity index (χ1n) is 9.28. The highest BCUT2D eigenvalue weighted by molar-refractivity contribution is 7.88. The summed E-state index contributed by atoms with van der Waals surface area (Å²) >= 11 is 1.45. The van der Waals surface area contributed by atoms with E-state index in [1.165, 1.54) is 28.1 Å². The van der Waals surface area contributed by atoms with Gasteiger partial charge in [-0.2, -0.15) is 0 Å². The number of piperidine rings is 1. The molecule has 0 amide bonds. The quantitative estimate of drug-likeness (QED) is 0.783. The Hall–Kier alpha value is -1.85. The maximum atomic E-state index is 14.4. The van der Waals surface area contributed by atoms with Gasteiger partial charge in [0.15, 0.2) is 10.9 Å². The Morgan fingerprint density at radius 3 is 2.54 bits per heavy atom. The number of nitrogens with zero attached hydrogens (tertiary/aromatic N) is 5. The second kappa shape index (κ2) is 7.53. The first-order valence-corrected chi connectivity index (χ1v) is 11.9. The highest BCUT2D eigenvalue weighted by Crippen LogP contribution is 2.36. The zero-order valence-electron chi connectivity index (χ0n) is 15.9. The second-order valence-corrected chi connectivity index (χ2v) is 10.2. The molecule has 2 aromatic heterocycles. The molecule has 2 aromatic rings. The van der Waals surface area contributed by atoms with E-state index in [4.69, 9.17) is 0 Å². The third-order valence-corrected chi connectivity index (χ3v) is 7.66. The van der Waals surface area contributed by atoms with Gasteiger partial charge in [-0.25, -0.2) is 32.1 Å². The van der Waals surface area contributed by atoms with Gasteiger partial charge in [-0.05, 0) is 26.2 Å². The minimum Gasteiger partial charge on any atom is -0.351 e. The second-order valence-electron chi connectivity index (χ2n) is 7.22. The van der Waals surface area contributed by atoms with Crippen molar-refractivity contribution in [3.05, 3.63) is 17.7 Å². The number of aromatic nitrogens is 3. The van der Waals surface area contributed by atoms with Crippen molar-refractivity contribution in [3.8, 4) is 10.6 Å². The van der Waals surface area contributed by atoms with Crippen molar-refractivity contribution < 1.29 is 12.8 Å². The zero-order valence-corrected chi connectivity index (χ0v) is 17.5. The molecule has 2 saturated heterocycles. The van der Waals surface area contributed by atoms with E-state index in [0.29, 0.717) is 31.9 Å². The molecule has 4 rings (SSSR count). The highest BCUT2D eigenvalue weighted by atomic mass is 32.2. The topological polar surface area (TPSA) is 91.3 Å². The number of nitrogens with one attached hydrogen (secondary N) is 1. The Labute approximate surface area is 167 Å². The minimum absolute atomic E-state index is 0.0514. The average molecular weight is 427 g/mol. The Bertz CT molecular complexity index is 968. The summed E-state index contributed by atoms with van der Waals surface area (Å²) in [6.45, 7) is 4.75. The lowest BCUT2D eigenvalue weighted by molar-refractivity contribution is 0.331. The predicted octanol–water partition coefficient (Wildman–Crippen LogP) is 2.09. The molecule has 0 aliphatic carbocycles. The van der Waals surface area contributed by atoms with Gasteiger partial charge in [0.25, 0.3) is 0 Å². The van der Waals surface area contributed by atoms with E-state index in [1.807, 2.05) is 6.92 Å². The molecule has 0 radical (unpaired) electrons. The van der Waals surface area contributed by atoms with Gasteiger partial charge in [0, 0.05) is 32.2 Å². The largest absolute Gasteiger partial charge is 0.351 e. The summed E-state index contributed by atoms with van der Waals surface area (Å²) in [5.41, 5.74) is 1.02. The Morgan fingerprint density at radius 2 is 1.93 bits per heavy atom. The lowest BCUT2D eigenvalue weighted by atomic mass is 10.1. The van der Waals surface area contributed by atoms with Crippen LogP contribution in [-0.2, 0) is 10.0 Å². The molecule has 0 unspecified atom stereocenters. The van der Waals surface area contributed by atoms with E-state index in [2.05, 4.69) is 25.2 Å². The van der Waals surface area contributed by atoms with E-state index in [-0.39, 0.29) is 11.7 Å². The van der Waals surface area contributed by atoms with Crippen LogP contribution >= 0.6 is 11.3 Å². The van der Waals surface area contributed by atoms with Gasteiger partial charge in [-0.15, -0.1) is 0 Å². The molecule has 1 N–H and O–H groups in total. The number of thiazole rings is 1. The Morgan fingerprint density at radius 1 is 1.21 bits per heavy atom. The number of anilines is 2. The number of hydrogen-bond donors (Lipinski definition) is 1. The van der Waals surface area contributed by atoms with Gasteiger partial charge < -0.3 is 10.2 Å². The van der Waals surface area contributed by atoms with E-state index in [0.717, 1.165) is 35.2 Å². The fourth-order valence-electron chi connectivity index (χ4n) is 3.35. The zero-order chi connectivity index (χ0) is 19.9. The molecule has 152 valence electrons. The monoisotopic (exact) mass is 426 g/mol. The standard InChI is InChI=1S/C17H23FN6O2S2/c1-11-15(27-17(20-11)23-6-3-7-23)14-13(18)10-19-16(22-14)21-12-4-8-24(9-5-12)28(2,25)26/h10,12H,3-9H2,1-2H3,(H,19,21,22). The highest BCUT2D eigenvalue weighted by Gasteiger charge is 2.26. The summed E-state index contributed by atoms with van der Waals surface area (Å²) in [6, 6.07) is 0.0514. The van der Waals surface area contributed by atoms with Crippen LogP contribution < -0.4 is 10.2 Å². The number of aryl methyl sites for hydroxylation is 1. The third-order valence-electron chi connectivity index (χ3n) is 5.13. The van der Waals surface area contributed by atoms with Gasteiger partial charge in [0.1, 0.15) is 5.69 Å². The molecule has 4 heterocycles. The summed E-state index contributed by atoms with van der Waals surface area (Å²) in [7, 11) is -3.16. The molecular formula is C17H23FN6O2S2. The summed E-state index contributed by atoms with van der Waals surface area (Å²) in [5, 5.41) is 4.13. The Balaban J connectivity index is 1.50. The van der Waals surface area contributed by atoms with Crippen LogP contribution in [-0.4, -0.2) is 66.2 Å². The van der Waals surface area contributed by atoms with Crippen molar-refractivity contribution in [2.24, 2.45) is 0 Å². The van der Waals surface area contributed by atoms with Gasteiger partial charge in [0.05, 0.1) is 23.0 Å². The first kappa shape index (κ1) is 19.5. The van der Waals surface area contributed by atoms with Crippen molar-refractivity contribution >= 4 is 32.4 Å². The van der Waals surface area contributed by atoms with Crippen LogP contribution in [0.4, 0.5) is 15.5 Å². The minimum atomic E-state index is -3.16. The van der Waals surface area contributed by atoms with Crippen molar-refractivity contribution in [2.45, 2.75) is 32.2 Å². The lowest BCUT2D eigenvalue weighted by Crippen LogP contribution is -2.42. The predicted molar refractivity (Wildman–Crippen MR) is 108 cm³/mol. The van der Waals surface area contributed by atoms with Crippen LogP contribution in [0, 0.1) is 12.7 Å². The molecular weight excluding hydrogens is 403 g/mol. The fourth-order valence-corrected chi connectivity index (χ4v) is 5.34. The molecule has 2 aliphatic heterocycles. The fraction of sp³-hybridized carbons (Fsp3) is 0.588. The summed E-state index contributed by atoms with van der Waals surface area (Å²) < 4.78 is 39.2. The molecule has 2 aliphatic rings. The average Bonchev–Trinajstić information content (AvgIpc) is 2.95. The Kier molecular flexibility index (Phi) is 5.23. The number of rotatable bonds is 5. The molecule has 0 saturated carbocycles. The van der Waals surface area contributed by atoms with Crippen LogP contribution in [0.2, 0.25) is 0 Å². The number of hydrogen-bond acceptors (Lipinski definition) is 8. The summed E-state index contributed by atoms with van der Waals surface area (Å²) in [5.74, 6) is -0.119. The van der Waals surface area contributed by atoms with E-state index in [1.54, 1.807) is 0 Å². The van der Waals surface area contributed by atoms with E-state index >= 15 is 0 Å². The van der Waals surface area contributed by atoms with E-state index in [9.17, 15) is 12.8 Å². The van der Waals surface area contributed by atoms with Crippen molar-refractivity contribution in [1.82, 2.24) is 19.3 Å². The molecule has 0 spiro atoms. The molecule has 2 fully saturated rings. The van der Waals surface area contributed by atoms with Gasteiger partial charge in [-0.1, -0.05) is 11.3 Å². The maximum Gasteiger partial charge on any atom is 0.223 e.